The van der Waals surface area contributed by atoms with Gasteiger partial charge in [0.1, 0.15) is 0 Å². The van der Waals surface area contributed by atoms with Crippen LogP contribution in [0.4, 0.5) is 0 Å². The zero-order chi connectivity index (χ0) is 15.8. The molecular weight excluding hydrogens is 264 g/mol. The van der Waals surface area contributed by atoms with E-state index in [0.29, 0.717) is 6.42 Å². The Morgan fingerprint density at radius 2 is 1.57 bits per heavy atom. The Balaban J connectivity index is 3.49. The van der Waals surface area contributed by atoms with Crippen LogP contribution in [0.5, 0.6) is 0 Å². The van der Waals surface area contributed by atoms with Gasteiger partial charge in [-0.25, -0.2) is 4.79 Å². The predicted molar refractivity (Wildman–Crippen MR) is 88.3 cm³/mol. The molecule has 1 atom stereocenters. The molecule has 0 saturated heterocycles. The molecule has 0 aromatic rings. The summed E-state index contributed by atoms with van der Waals surface area (Å²) in [6.45, 7) is 2.22. The van der Waals surface area contributed by atoms with Gasteiger partial charge < -0.3 is 10.2 Å². The minimum absolute atomic E-state index is 0.264. The van der Waals surface area contributed by atoms with Crippen molar-refractivity contribution in [1.82, 2.24) is 0 Å². The van der Waals surface area contributed by atoms with E-state index < -0.39 is 5.97 Å². The summed E-state index contributed by atoms with van der Waals surface area (Å²) in [6, 6.07) is 0. The Kier molecular flexibility index (Phi) is 14.1. The Bertz CT molecular complexity index is 329. The van der Waals surface area contributed by atoms with Crippen molar-refractivity contribution in [3.63, 3.8) is 0 Å². The Morgan fingerprint density at radius 1 is 0.952 bits per heavy atom. The molecule has 0 rings (SSSR count). The Morgan fingerprint density at radius 3 is 2.24 bits per heavy atom. The zero-order valence-electron chi connectivity index (χ0n) is 13.2. The number of allylic oxidation sites excluding steroid dienone is 4. The van der Waals surface area contributed by atoms with Crippen LogP contribution >= 0.6 is 0 Å². The van der Waals surface area contributed by atoms with Crippen molar-refractivity contribution in [3.8, 4) is 0 Å². The first-order valence-electron chi connectivity index (χ1n) is 8.07. The molecule has 0 aliphatic carbocycles. The number of hydrogen-bond donors (Lipinski definition) is 2. The van der Waals surface area contributed by atoms with E-state index in [-0.39, 0.29) is 6.10 Å². The maximum atomic E-state index is 10.2. The number of carbonyl (C=O) groups is 1. The fourth-order valence-electron chi connectivity index (χ4n) is 2.04. The molecule has 3 heteroatoms. The molecule has 120 valence electrons. The highest BCUT2D eigenvalue weighted by atomic mass is 16.4. The van der Waals surface area contributed by atoms with Crippen molar-refractivity contribution in [2.24, 2.45) is 0 Å². The van der Waals surface area contributed by atoms with Gasteiger partial charge in [-0.15, -0.1) is 0 Å². The number of carboxylic acid groups (broad SMARTS) is 1. The minimum atomic E-state index is -0.950. The van der Waals surface area contributed by atoms with Gasteiger partial charge in [0.15, 0.2) is 0 Å². The lowest BCUT2D eigenvalue weighted by Crippen LogP contribution is -2.04. The normalized spacial score (nSPS) is 13.6. The number of carboxylic acids is 1. The van der Waals surface area contributed by atoms with Crippen LogP contribution in [0.1, 0.15) is 64.7 Å². The van der Waals surface area contributed by atoms with Gasteiger partial charge in [-0.2, -0.15) is 0 Å². The predicted octanol–water partition coefficient (Wildman–Crippen LogP) is 4.63. The molecule has 0 radical (unpaired) electrons. The van der Waals surface area contributed by atoms with E-state index in [1.165, 1.54) is 44.6 Å². The maximum Gasteiger partial charge on any atom is 0.328 e. The molecule has 0 aromatic heterocycles. The van der Waals surface area contributed by atoms with E-state index >= 15 is 0 Å². The highest BCUT2D eigenvalue weighted by molar-refractivity contribution is 5.80. The number of aliphatic hydroxyl groups excluding tert-OH is 1. The van der Waals surface area contributed by atoms with Crippen molar-refractivity contribution < 1.29 is 15.0 Å². The minimum Gasteiger partial charge on any atom is -0.478 e. The average Bonchev–Trinajstić information content (AvgIpc) is 2.45. The molecule has 0 aromatic carbocycles. The second-order valence-electron chi connectivity index (χ2n) is 5.31. The van der Waals surface area contributed by atoms with Crippen LogP contribution in [0.2, 0.25) is 0 Å². The van der Waals surface area contributed by atoms with Gasteiger partial charge in [-0.05, 0) is 12.8 Å². The zero-order valence-corrected chi connectivity index (χ0v) is 13.2. The number of aliphatic hydroxyl groups is 1. The second-order valence-corrected chi connectivity index (χ2v) is 5.31. The third-order valence-electron chi connectivity index (χ3n) is 3.26. The van der Waals surface area contributed by atoms with Crippen LogP contribution in [0.15, 0.2) is 36.5 Å². The first-order chi connectivity index (χ1) is 10.2. The number of rotatable bonds is 13. The lowest BCUT2D eigenvalue weighted by atomic mass is 10.0. The van der Waals surface area contributed by atoms with E-state index in [9.17, 15) is 9.90 Å². The summed E-state index contributed by atoms with van der Waals surface area (Å²) in [5, 5.41) is 18.2. The number of unbranched alkanes of at least 4 members (excludes halogenated alkanes) is 6. The van der Waals surface area contributed by atoms with Gasteiger partial charge in [0.25, 0.3) is 0 Å². The first-order valence-corrected chi connectivity index (χ1v) is 8.07. The van der Waals surface area contributed by atoms with E-state index in [1.54, 1.807) is 12.2 Å². The third-order valence-corrected chi connectivity index (χ3v) is 3.26. The Labute approximate surface area is 129 Å². The summed E-state index contributed by atoms with van der Waals surface area (Å²) >= 11 is 0. The van der Waals surface area contributed by atoms with Crippen molar-refractivity contribution in [2.75, 3.05) is 0 Å². The molecule has 0 heterocycles. The van der Waals surface area contributed by atoms with Gasteiger partial charge in [-0.1, -0.05) is 82.2 Å². The molecule has 0 saturated carbocycles. The summed E-state index contributed by atoms with van der Waals surface area (Å²) in [4.78, 5) is 10.2. The number of aliphatic carboxylic acids is 1. The van der Waals surface area contributed by atoms with E-state index in [0.717, 1.165) is 18.9 Å². The first kappa shape index (κ1) is 19.7. The summed E-state index contributed by atoms with van der Waals surface area (Å²) in [5.74, 6) is -0.950. The molecule has 0 aliphatic rings. The summed E-state index contributed by atoms with van der Waals surface area (Å²) in [5.41, 5.74) is 0. The van der Waals surface area contributed by atoms with Crippen molar-refractivity contribution >= 4 is 5.97 Å². The van der Waals surface area contributed by atoms with E-state index in [4.69, 9.17) is 5.11 Å². The molecule has 0 amide bonds. The molecule has 0 unspecified atom stereocenters. The van der Waals surface area contributed by atoms with Crippen LogP contribution in [-0.4, -0.2) is 22.3 Å². The van der Waals surface area contributed by atoms with Crippen LogP contribution in [-0.2, 0) is 4.79 Å². The van der Waals surface area contributed by atoms with Crippen LogP contribution in [0, 0.1) is 0 Å². The van der Waals surface area contributed by atoms with Crippen molar-refractivity contribution in [1.29, 1.82) is 0 Å². The van der Waals surface area contributed by atoms with Crippen LogP contribution in [0.3, 0.4) is 0 Å². The Hall–Kier alpha value is -1.35. The van der Waals surface area contributed by atoms with Gasteiger partial charge in [0.05, 0.1) is 6.10 Å². The fourth-order valence-corrected chi connectivity index (χ4v) is 2.04. The molecule has 2 N–H and O–H groups in total. The fraction of sp³-hybridized carbons (Fsp3) is 0.611. The molecule has 21 heavy (non-hydrogen) atoms. The average molecular weight is 294 g/mol. The molecule has 0 fully saturated rings. The quantitative estimate of drug-likeness (QED) is 0.296. The van der Waals surface area contributed by atoms with Crippen molar-refractivity contribution in [2.45, 2.75) is 70.8 Å². The topological polar surface area (TPSA) is 57.5 Å². The van der Waals surface area contributed by atoms with Gasteiger partial charge >= 0.3 is 5.97 Å². The largest absolute Gasteiger partial charge is 0.478 e. The van der Waals surface area contributed by atoms with Gasteiger partial charge in [-0.3, -0.25) is 0 Å². The van der Waals surface area contributed by atoms with E-state index in [2.05, 4.69) is 6.92 Å². The molecule has 3 nitrogen and oxygen atoms in total. The molecule has 0 aliphatic heterocycles. The van der Waals surface area contributed by atoms with Crippen LogP contribution < -0.4 is 0 Å². The summed E-state index contributed by atoms with van der Waals surface area (Å²) in [6.07, 6.45) is 19.8. The summed E-state index contributed by atoms with van der Waals surface area (Å²) < 4.78 is 0. The lowest BCUT2D eigenvalue weighted by molar-refractivity contribution is -0.131. The van der Waals surface area contributed by atoms with Gasteiger partial charge in [0.2, 0.25) is 0 Å². The third kappa shape index (κ3) is 16.6. The second kappa shape index (κ2) is 15.0. The van der Waals surface area contributed by atoms with Gasteiger partial charge in [0, 0.05) is 6.08 Å². The van der Waals surface area contributed by atoms with Crippen molar-refractivity contribution in [3.05, 3.63) is 36.5 Å². The highest BCUT2D eigenvalue weighted by Gasteiger charge is 2.00. The molecular formula is C18H30O3. The monoisotopic (exact) mass is 294 g/mol. The lowest BCUT2D eigenvalue weighted by Gasteiger charge is -2.07. The summed E-state index contributed by atoms with van der Waals surface area (Å²) in [7, 11) is 0. The standard InChI is InChI=1S/C18H30O3/c1-2-3-4-5-6-8-11-14-17(19)15-12-9-7-10-13-16-18(20)21/h7,9-10,12-13,16-17,19H,2-6,8,11,14-15H2,1H3,(H,20,21)/t17-/m0/s1. The number of hydrogen-bond acceptors (Lipinski definition) is 2. The highest BCUT2D eigenvalue weighted by Crippen LogP contribution is 2.11. The van der Waals surface area contributed by atoms with Crippen LogP contribution in [0.25, 0.3) is 0 Å². The van der Waals surface area contributed by atoms with E-state index in [1.807, 2.05) is 12.2 Å². The molecule has 0 bridgehead atoms. The molecule has 0 spiro atoms. The smallest absolute Gasteiger partial charge is 0.328 e. The SMILES string of the molecule is CCCCCCCCC[C@H](O)CC=CC=CC=CC(=O)O. The maximum absolute atomic E-state index is 10.2.